The fourth-order valence-corrected chi connectivity index (χ4v) is 2.97. The number of carbonyl (C=O) groups excluding carboxylic acids is 1. The van der Waals surface area contributed by atoms with Crippen molar-refractivity contribution in [3.05, 3.63) is 30.5 Å². The van der Waals surface area contributed by atoms with Crippen LogP contribution in [0.5, 0.6) is 0 Å². The highest BCUT2D eigenvalue weighted by atomic mass is 32.2. The molecule has 1 N–H and O–H groups in total. The molecule has 1 aliphatic rings. The van der Waals surface area contributed by atoms with Crippen LogP contribution in [0.1, 0.15) is 5.69 Å². The van der Waals surface area contributed by atoms with Crippen LogP contribution >= 0.6 is 11.8 Å². The van der Waals surface area contributed by atoms with Crippen LogP contribution in [-0.4, -0.2) is 49.9 Å². The lowest BCUT2D eigenvalue weighted by atomic mass is 10.4. The van der Waals surface area contributed by atoms with Gasteiger partial charge in [0, 0.05) is 37.0 Å². The van der Waals surface area contributed by atoms with Gasteiger partial charge in [0.05, 0.1) is 24.6 Å². The summed E-state index contributed by atoms with van der Waals surface area (Å²) in [6.45, 7) is 2.13. The summed E-state index contributed by atoms with van der Waals surface area (Å²) < 4.78 is 1.93. The van der Waals surface area contributed by atoms with Crippen molar-refractivity contribution in [2.24, 2.45) is 0 Å². The Morgan fingerprint density at radius 1 is 1.37 bits per heavy atom. The lowest BCUT2D eigenvalue weighted by Crippen LogP contribution is -2.44. The standard InChI is InChI=1S/C12H15N5OS/c18-12(16-3-5-19-6-4-16)15-8-10-7-14-11-9-13-1-2-17(10)11/h1-2,7,9H,3-6,8H2,(H,15,18). The number of carbonyl (C=O) groups is 1. The molecule has 2 amide bonds. The highest BCUT2D eigenvalue weighted by Crippen LogP contribution is 2.09. The number of aromatic nitrogens is 3. The molecule has 100 valence electrons. The molecule has 0 spiro atoms. The zero-order chi connectivity index (χ0) is 13.1. The van der Waals surface area contributed by atoms with Crippen molar-refractivity contribution in [3.8, 4) is 0 Å². The van der Waals surface area contributed by atoms with Gasteiger partial charge in [-0.3, -0.25) is 9.38 Å². The van der Waals surface area contributed by atoms with Gasteiger partial charge in [-0.2, -0.15) is 11.8 Å². The molecule has 0 atom stereocenters. The van der Waals surface area contributed by atoms with Crippen molar-refractivity contribution in [2.45, 2.75) is 6.54 Å². The molecule has 0 aliphatic carbocycles. The van der Waals surface area contributed by atoms with Crippen LogP contribution in [0, 0.1) is 0 Å². The number of thioether (sulfide) groups is 1. The summed E-state index contributed by atoms with van der Waals surface area (Å²) in [5, 5.41) is 2.94. The summed E-state index contributed by atoms with van der Waals surface area (Å²) in [7, 11) is 0. The third-order valence-corrected chi connectivity index (χ3v) is 4.06. The number of amides is 2. The maximum absolute atomic E-state index is 12.0. The van der Waals surface area contributed by atoms with E-state index in [4.69, 9.17) is 0 Å². The maximum atomic E-state index is 12.0. The molecule has 3 heterocycles. The summed E-state index contributed by atoms with van der Waals surface area (Å²) in [6, 6.07) is 0.00399. The zero-order valence-corrected chi connectivity index (χ0v) is 11.3. The van der Waals surface area contributed by atoms with Crippen molar-refractivity contribution in [3.63, 3.8) is 0 Å². The molecule has 1 fully saturated rings. The first kappa shape index (κ1) is 12.3. The Balaban J connectivity index is 1.64. The highest BCUT2D eigenvalue weighted by molar-refractivity contribution is 7.99. The molecule has 0 bridgehead atoms. The molecule has 3 rings (SSSR count). The average Bonchev–Trinajstić information content (AvgIpc) is 2.89. The minimum absolute atomic E-state index is 0.00399. The largest absolute Gasteiger partial charge is 0.332 e. The molecule has 7 heteroatoms. The first-order valence-corrected chi connectivity index (χ1v) is 7.36. The van der Waals surface area contributed by atoms with Gasteiger partial charge in [-0.25, -0.2) is 9.78 Å². The van der Waals surface area contributed by atoms with Crippen LogP contribution in [-0.2, 0) is 6.54 Å². The van der Waals surface area contributed by atoms with Gasteiger partial charge in [-0.1, -0.05) is 0 Å². The van der Waals surface area contributed by atoms with Crippen molar-refractivity contribution in [1.29, 1.82) is 0 Å². The number of urea groups is 1. The summed E-state index contributed by atoms with van der Waals surface area (Å²) in [5.74, 6) is 2.05. The van der Waals surface area contributed by atoms with E-state index in [1.165, 1.54) is 0 Å². The van der Waals surface area contributed by atoms with Gasteiger partial charge in [0.1, 0.15) is 0 Å². The predicted molar refractivity (Wildman–Crippen MR) is 74.1 cm³/mol. The van der Waals surface area contributed by atoms with Crippen LogP contribution in [0.2, 0.25) is 0 Å². The lowest BCUT2D eigenvalue weighted by Gasteiger charge is -2.26. The summed E-state index contributed by atoms with van der Waals surface area (Å²) >= 11 is 1.89. The summed E-state index contributed by atoms with van der Waals surface area (Å²) in [5.41, 5.74) is 1.75. The third-order valence-electron chi connectivity index (χ3n) is 3.11. The Bertz CT molecular complexity index is 578. The van der Waals surface area contributed by atoms with Crippen molar-refractivity contribution < 1.29 is 4.79 Å². The van der Waals surface area contributed by atoms with E-state index in [1.54, 1.807) is 18.6 Å². The van der Waals surface area contributed by atoms with E-state index in [-0.39, 0.29) is 6.03 Å². The molecule has 1 aliphatic heterocycles. The smallest absolute Gasteiger partial charge is 0.317 e. The molecule has 6 nitrogen and oxygen atoms in total. The van der Waals surface area contributed by atoms with Crippen molar-refractivity contribution in [2.75, 3.05) is 24.6 Å². The first-order valence-electron chi connectivity index (χ1n) is 6.21. The average molecular weight is 277 g/mol. The number of hydrogen-bond donors (Lipinski definition) is 1. The molecule has 2 aromatic heterocycles. The molecule has 0 radical (unpaired) electrons. The van der Waals surface area contributed by atoms with E-state index in [1.807, 2.05) is 27.3 Å². The van der Waals surface area contributed by atoms with Crippen molar-refractivity contribution >= 4 is 23.4 Å². The molecule has 0 saturated carbocycles. The molecular weight excluding hydrogens is 262 g/mol. The Labute approximate surface area is 115 Å². The first-order chi connectivity index (χ1) is 9.34. The number of rotatable bonds is 2. The predicted octanol–water partition coefficient (Wildman–Crippen LogP) is 0.988. The fourth-order valence-electron chi connectivity index (χ4n) is 2.07. The van der Waals surface area contributed by atoms with Gasteiger partial charge in [0.2, 0.25) is 0 Å². The molecule has 19 heavy (non-hydrogen) atoms. The van der Waals surface area contributed by atoms with E-state index in [2.05, 4.69) is 15.3 Å². The van der Waals surface area contributed by atoms with Gasteiger partial charge in [0.15, 0.2) is 5.65 Å². The van der Waals surface area contributed by atoms with E-state index < -0.39 is 0 Å². The molecule has 0 unspecified atom stereocenters. The van der Waals surface area contributed by atoms with Crippen LogP contribution in [0.15, 0.2) is 24.8 Å². The Hall–Kier alpha value is -1.76. The van der Waals surface area contributed by atoms with Gasteiger partial charge in [-0.05, 0) is 0 Å². The van der Waals surface area contributed by atoms with Crippen LogP contribution in [0.25, 0.3) is 5.65 Å². The van der Waals surface area contributed by atoms with Gasteiger partial charge >= 0.3 is 6.03 Å². The summed E-state index contributed by atoms with van der Waals surface area (Å²) in [4.78, 5) is 22.1. The van der Waals surface area contributed by atoms with Crippen LogP contribution in [0.3, 0.4) is 0 Å². The highest BCUT2D eigenvalue weighted by Gasteiger charge is 2.16. The minimum Gasteiger partial charge on any atom is -0.332 e. The Morgan fingerprint density at radius 3 is 3.05 bits per heavy atom. The Morgan fingerprint density at radius 2 is 2.21 bits per heavy atom. The maximum Gasteiger partial charge on any atom is 0.317 e. The van der Waals surface area contributed by atoms with Crippen LogP contribution in [0.4, 0.5) is 4.79 Å². The lowest BCUT2D eigenvalue weighted by molar-refractivity contribution is 0.202. The number of fused-ring (bicyclic) bond motifs is 1. The molecule has 2 aromatic rings. The molecular formula is C12H15N5OS. The number of hydrogen-bond acceptors (Lipinski definition) is 4. The van der Waals surface area contributed by atoms with Gasteiger partial charge in [-0.15, -0.1) is 0 Å². The second-order valence-corrected chi connectivity index (χ2v) is 5.54. The monoisotopic (exact) mass is 277 g/mol. The normalized spacial score (nSPS) is 15.7. The number of nitrogens with one attached hydrogen (secondary N) is 1. The molecule has 1 saturated heterocycles. The fraction of sp³-hybridized carbons (Fsp3) is 0.417. The number of nitrogens with zero attached hydrogens (tertiary/aromatic N) is 4. The van der Waals surface area contributed by atoms with E-state index in [0.717, 1.165) is 35.9 Å². The zero-order valence-electron chi connectivity index (χ0n) is 10.5. The number of imidazole rings is 1. The van der Waals surface area contributed by atoms with E-state index in [0.29, 0.717) is 6.54 Å². The minimum atomic E-state index is 0.00399. The Kier molecular flexibility index (Phi) is 3.54. The third kappa shape index (κ3) is 2.65. The molecule has 0 aromatic carbocycles. The van der Waals surface area contributed by atoms with Gasteiger partial charge < -0.3 is 10.2 Å². The van der Waals surface area contributed by atoms with E-state index in [9.17, 15) is 4.79 Å². The SMILES string of the molecule is O=C(NCc1cnc2cnccn12)N1CCSCC1. The van der Waals surface area contributed by atoms with Crippen LogP contribution < -0.4 is 5.32 Å². The van der Waals surface area contributed by atoms with E-state index >= 15 is 0 Å². The summed E-state index contributed by atoms with van der Waals surface area (Å²) in [6.07, 6.45) is 7.03. The second kappa shape index (κ2) is 5.48. The second-order valence-electron chi connectivity index (χ2n) is 4.31. The quantitative estimate of drug-likeness (QED) is 0.889. The van der Waals surface area contributed by atoms with Crippen molar-refractivity contribution in [1.82, 2.24) is 24.6 Å². The van der Waals surface area contributed by atoms with Gasteiger partial charge in [0.25, 0.3) is 0 Å². The topological polar surface area (TPSA) is 62.5 Å².